The van der Waals surface area contributed by atoms with Crippen LogP contribution >= 0.6 is 9.24 Å². The van der Waals surface area contributed by atoms with E-state index in [0.29, 0.717) is 0 Å². The predicted molar refractivity (Wildman–Crippen MR) is 49.7 cm³/mol. The van der Waals surface area contributed by atoms with Crippen molar-refractivity contribution in [3.8, 4) is 0 Å². The van der Waals surface area contributed by atoms with Gasteiger partial charge in [-0.15, -0.1) is 9.24 Å². The zero-order chi connectivity index (χ0) is 9.19. The summed E-state index contributed by atoms with van der Waals surface area (Å²) in [6.07, 6.45) is 0.770. The molecule has 0 aliphatic carbocycles. The molecule has 3 nitrogen and oxygen atoms in total. The number of rotatable bonds is 2. The standard InChI is InChI=1S/C7H9O3PS/c8-12(9,10)7-3-1-6(5-11)2-4-7/h1-4H,5,11H2,(H,8,9,10). The van der Waals surface area contributed by atoms with E-state index in [1.165, 1.54) is 12.1 Å². The van der Waals surface area contributed by atoms with Gasteiger partial charge in [-0.05, 0) is 23.9 Å². The van der Waals surface area contributed by atoms with E-state index in [1.54, 1.807) is 12.1 Å². The number of benzene rings is 1. The molecule has 0 aromatic heterocycles. The first-order valence-corrected chi connectivity index (χ1v) is 5.56. The Hall–Kier alpha value is -0.440. The Labute approximate surface area is 73.8 Å². The molecule has 0 aliphatic heterocycles. The molecule has 66 valence electrons. The monoisotopic (exact) mass is 204 g/mol. The normalized spacial score (nSPS) is 11.5. The first-order valence-electron chi connectivity index (χ1n) is 3.30. The first-order chi connectivity index (χ1) is 5.54. The van der Waals surface area contributed by atoms with Gasteiger partial charge < -0.3 is 0 Å². The fourth-order valence-corrected chi connectivity index (χ4v) is 1.55. The summed E-state index contributed by atoms with van der Waals surface area (Å²) in [4.78, 5) is -0.0651. The highest BCUT2D eigenvalue weighted by atomic mass is 32.2. The number of hydrogen-bond donors (Lipinski definition) is 1. The summed E-state index contributed by atoms with van der Waals surface area (Å²) >= 11 is 0. The lowest BCUT2D eigenvalue weighted by molar-refractivity contribution is 0.483. The van der Waals surface area contributed by atoms with Gasteiger partial charge in [0.1, 0.15) is 0 Å². The van der Waals surface area contributed by atoms with E-state index in [9.17, 15) is 8.42 Å². The molecule has 1 rings (SSSR count). The minimum atomic E-state index is -4.03. The van der Waals surface area contributed by atoms with Crippen LogP contribution in [0.1, 0.15) is 5.56 Å². The molecular formula is C7H9O3PS. The van der Waals surface area contributed by atoms with Crippen LogP contribution in [0.25, 0.3) is 0 Å². The second-order valence-corrected chi connectivity index (χ2v) is 4.15. The summed E-state index contributed by atoms with van der Waals surface area (Å²) in [6.45, 7) is 0. The third kappa shape index (κ3) is 2.27. The lowest BCUT2D eigenvalue weighted by Gasteiger charge is -1.97. The van der Waals surface area contributed by atoms with E-state index in [2.05, 4.69) is 9.24 Å². The van der Waals surface area contributed by atoms with E-state index >= 15 is 0 Å². The van der Waals surface area contributed by atoms with Crippen LogP contribution in [0.2, 0.25) is 0 Å². The van der Waals surface area contributed by atoms with Crippen molar-refractivity contribution in [2.45, 2.75) is 11.1 Å². The molecule has 5 heteroatoms. The van der Waals surface area contributed by atoms with Crippen molar-refractivity contribution < 1.29 is 13.0 Å². The van der Waals surface area contributed by atoms with Gasteiger partial charge in [0.25, 0.3) is 10.1 Å². The van der Waals surface area contributed by atoms with Gasteiger partial charge in [0.05, 0.1) is 4.90 Å². The van der Waals surface area contributed by atoms with Crippen molar-refractivity contribution in [3.63, 3.8) is 0 Å². The van der Waals surface area contributed by atoms with Crippen molar-refractivity contribution in [1.29, 1.82) is 0 Å². The fraction of sp³-hybridized carbons (Fsp3) is 0.143. The molecule has 1 aromatic rings. The van der Waals surface area contributed by atoms with E-state index in [-0.39, 0.29) is 4.90 Å². The van der Waals surface area contributed by atoms with Crippen LogP contribution in [0.5, 0.6) is 0 Å². The average molecular weight is 204 g/mol. The summed E-state index contributed by atoms with van der Waals surface area (Å²) in [5.74, 6) is 0. The second kappa shape index (κ2) is 3.52. The van der Waals surface area contributed by atoms with Gasteiger partial charge in [0.15, 0.2) is 0 Å². The summed E-state index contributed by atoms with van der Waals surface area (Å²) < 4.78 is 29.8. The maximum absolute atomic E-state index is 10.6. The van der Waals surface area contributed by atoms with Crippen LogP contribution in [0, 0.1) is 0 Å². The molecular weight excluding hydrogens is 195 g/mol. The molecule has 0 aliphatic rings. The van der Waals surface area contributed by atoms with Crippen LogP contribution < -0.4 is 0 Å². The summed E-state index contributed by atoms with van der Waals surface area (Å²) in [5.41, 5.74) is 1.01. The number of hydrogen-bond acceptors (Lipinski definition) is 2. The molecule has 0 heterocycles. The van der Waals surface area contributed by atoms with Crippen LogP contribution in [0.15, 0.2) is 29.2 Å². The van der Waals surface area contributed by atoms with E-state index in [0.717, 1.165) is 11.7 Å². The van der Waals surface area contributed by atoms with Crippen molar-refractivity contribution in [2.24, 2.45) is 0 Å². The molecule has 1 unspecified atom stereocenters. The van der Waals surface area contributed by atoms with E-state index < -0.39 is 10.1 Å². The van der Waals surface area contributed by atoms with Crippen molar-refractivity contribution in [1.82, 2.24) is 0 Å². The molecule has 0 fully saturated rings. The van der Waals surface area contributed by atoms with Gasteiger partial charge in [-0.1, -0.05) is 12.1 Å². The minimum Gasteiger partial charge on any atom is -0.282 e. The van der Waals surface area contributed by atoms with Crippen LogP contribution in [-0.4, -0.2) is 13.0 Å². The summed E-state index contributed by atoms with van der Waals surface area (Å²) in [7, 11) is -1.51. The Morgan fingerprint density at radius 1 is 1.25 bits per heavy atom. The first kappa shape index (κ1) is 9.65. The fourth-order valence-electron chi connectivity index (χ4n) is 0.798. The highest BCUT2D eigenvalue weighted by molar-refractivity contribution is 7.85. The van der Waals surface area contributed by atoms with Crippen LogP contribution in [0.4, 0.5) is 0 Å². The third-order valence-electron chi connectivity index (χ3n) is 1.46. The van der Waals surface area contributed by atoms with Crippen molar-refractivity contribution in [2.75, 3.05) is 0 Å². The third-order valence-corrected chi connectivity index (χ3v) is 2.80. The molecule has 0 amide bonds. The zero-order valence-corrected chi connectivity index (χ0v) is 8.24. The van der Waals surface area contributed by atoms with Crippen LogP contribution in [0.3, 0.4) is 0 Å². The Morgan fingerprint density at radius 2 is 1.75 bits per heavy atom. The van der Waals surface area contributed by atoms with Gasteiger partial charge >= 0.3 is 0 Å². The molecule has 1 aromatic carbocycles. The maximum atomic E-state index is 10.6. The predicted octanol–water partition coefficient (Wildman–Crippen LogP) is 1.31. The molecule has 1 N–H and O–H groups in total. The largest absolute Gasteiger partial charge is 0.294 e. The molecule has 0 saturated carbocycles. The maximum Gasteiger partial charge on any atom is 0.294 e. The Morgan fingerprint density at radius 3 is 2.08 bits per heavy atom. The van der Waals surface area contributed by atoms with Gasteiger partial charge in [-0.2, -0.15) is 8.42 Å². The minimum absolute atomic E-state index is 0.0651. The highest BCUT2D eigenvalue weighted by Gasteiger charge is 2.07. The molecule has 0 bridgehead atoms. The Kier molecular flexibility index (Phi) is 2.83. The lowest BCUT2D eigenvalue weighted by atomic mass is 10.2. The molecule has 1 atom stereocenters. The average Bonchev–Trinajstić information content (AvgIpc) is 2.03. The highest BCUT2D eigenvalue weighted by Crippen LogP contribution is 2.11. The van der Waals surface area contributed by atoms with E-state index in [4.69, 9.17) is 4.55 Å². The van der Waals surface area contributed by atoms with Crippen molar-refractivity contribution >= 4 is 19.4 Å². The SMILES string of the molecule is O=S(=O)(O)c1ccc(CP)cc1. The van der Waals surface area contributed by atoms with Gasteiger partial charge in [0, 0.05) is 0 Å². The van der Waals surface area contributed by atoms with Crippen LogP contribution in [-0.2, 0) is 16.3 Å². The Bertz CT molecular complexity index is 355. The quantitative estimate of drug-likeness (QED) is 0.583. The van der Waals surface area contributed by atoms with Crippen molar-refractivity contribution in [3.05, 3.63) is 29.8 Å². The van der Waals surface area contributed by atoms with E-state index in [1.807, 2.05) is 0 Å². The summed E-state index contributed by atoms with van der Waals surface area (Å²) in [5, 5.41) is 0. The summed E-state index contributed by atoms with van der Waals surface area (Å²) in [6, 6.07) is 6.09. The lowest BCUT2D eigenvalue weighted by Crippen LogP contribution is -1.97. The molecule has 0 saturated heterocycles. The molecule has 0 radical (unpaired) electrons. The van der Waals surface area contributed by atoms with Gasteiger partial charge in [-0.25, -0.2) is 0 Å². The van der Waals surface area contributed by atoms with Gasteiger partial charge in [-0.3, -0.25) is 4.55 Å². The topological polar surface area (TPSA) is 54.4 Å². The zero-order valence-electron chi connectivity index (χ0n) is 6.27. The van der Waals surface area contributed by atoms with Gasteiger partial charge in [0.2, 0.25) is 0 Å². The Balaban J connectivity index is 3.09. The molecule has 0 spiro atoms. The second-order valence-electron chi connectivity index (χ2n) is 2.32. The molecule has 12 heavy (non-hydrogen) atoms. The smallest absolute Gasteiger partial charge is 0.282 e.